The summed E-state index contributed by atoms with van der Waals surface area (Å²) in [5, 5.41) is 9.31. The van der Waals surface area contributed by atoms with Gasteiger partial charge in [-0.2, -0.15) is 0 Å². The molecule has 0 heterocycles. The second-order valence-corrected chi connectivity index (χ2v) is 3.35. The van der Waals surface area contributed by atoms with E-state index in [9.17, 15) is 5.11 Å². The monoisotopic (exact) mass is 133 g/mol. The van der Waals surface area contributed by atoms with Gasteiger partial charge in [0.2, 0.25) is 0 Å². The maximum Gasteiger partial charge on any atom is 0.186 e. The van der Waals surface area contributed by atoms with Gasteiger partial charge in [0.25, 0.3) is 0 Å². The summed E-state index contributed by atoms with van der Waals surface area (Å²) in [5.74, 6) is 3.60. The van der Waals surface area contributed by atoms with Gasteiger partial charge in [-0.3, -0.25) is 4.84 Å². The molecule has 0 aromatic heterocycles. The molecule has 0 bridgehead atoms. The van der Waals surface area contributed by atoms with Crippen molar-refractivity contribution in [2.24, 2.45) is 11.3 Å². The predicted octanol–water partition coefficient (Wildman–Crippen LogP) is 0.631. The number of hydrogen-bond acceptors (Lipinski definition) is 3. The van der Waals surface area contributed by atoms with Crippen LogP contribution in [0.4, 0.5) is 0 Å². The molecule has 0 rings (SSSR count). The molecule has 3 N–H and O–H groups in total. The first kappa shape index (κ1) is 8.88. The van der Waals surface area contributed by atoms with Crippen molar-refractivity contribution < 1.29 is 9.94 Å². The third-order valence-electron chi connectivity index (χ3n) is 1.62. The maximum absolute atomic E-state index is 9.31. The van der Waals surface area contributed by atoms with E-state index in [1.54, 1.807) is 0 Å². The van der Waals surface area contributed by atoms with Crippen molar-refractivity contribution in [2.75, 3.05) is 0 Å². The van der Waals surface area contributed by atoms with E-state index in [1.807, 2.05) is 20.8 Å². The van der Waals surface area contributed by atoms with Crippen LogP contribution in [0.5, 0.6) is 0 Å². The van der Waals surface area contributed by atoms with Crippen LogP contribution in [0.25, 0.3) is 0 Å². The Morgan fingerprint density at radius 1 is 1.22 bits per heavy atom. The van der Waals surface area contributed by atoms with Gasteiger partial charge in [0.15, 0.2) is 5.79 Å². The van der Waals surface area contributed by atoms with Crippen LogP contribution in [0.3, 0.4) is 0 Å². The van der Waals surface area contributed by atoms with Crippen molar-refractivity contribution in [3.8, 4) is 0 Å². The number of hydrogen-bond donors (Lipinski definition) is 2. The highest BCUT2D eigenvalue weighted by Gasteiger charge is 2.35. The standard InChI is InChI=1S/C6H15NO2/c1-5(2,3)6(4,8)9-7/h8H,7H2,1-4H3. The molecule has 0 spiro atoms. The van der Waals surface area contributed by atoms with Crippen LogP contribution < -0.4 is 5.90 Å². The Balaban J connectivity index is 4.14. The van der Waals surface area contributed by atoms with E-state index in [0.717, 1.165) is 0 Å². The summed E-state index contributed by atoms with van der Waals surface area (Å²) < 4.78 is 0. The average Bonchev–Trinajstić information content (AvgIpc) is 1.64. The minimum Gasteiger partial charge on any atom is -0.364 e. The highest BCUT2D eigenvalue weighted by Crippen LogP contribution is 2.28. The minimum atomic E-state index is -1.24. The topological polar surface area (TPSA) is 55.5 Å². The summed E-state index contributed by atoms with van der Waals surface area (Å²) in [4.78, 5) is 4.36. The zero-order chi connectivity index (χ0) is 7.71. The normalized spacial score (nSPS) is 19.3. The minimum absolute atomic E-state index is 0.345. The van der Waals surface area contributed by atoms with Crippen molar-refractivity contribution in [3.63, 3.8) is 0 Å². The van der Waals surface area contributed by atoms with Crippen LogP contribution in [0.2, 0.25) is 0 Å². The fourth-order valence-electron chi connectivity index (χ4n) is 0.177. The predicted molar refractivity (Wildman–Crippen MR) is 35.4 cm³/mol. The largest absolute Gasteiger partial charge is 0.364 e. The van der Waals surface area contributed by atoms with Crippen LogP contribution >= 0.6 is 0 Å². The molecule has 0 aromatic carbocycles. The molecule has 0 aliphatic rings. The van der Waals surface area contributed by atoms with Gasteiger partial charge in [-0.1, -0.05) is 20.8 Å². The van der Waals surface area contributed by atoms with Crippen molar-refractivity contribution in [1.29, 1.82) is 0 Å². The number of nitrogens with two attached hydrogens (primary N) is 1. The first-order chi connectivity index (χ1) is 3.81. The molecule has 0 aromatic rings. The van der Waals surface area contributed by atoms with Crippen LogP contribution in [0.15, 0.2) is 0 Å². The highest BCUT2D eigenvalue weighted by molar-refractivity contribution is 4.76. The number of aliphatic hydroxyl groups is 1. The summed E-state index contributed by atoms with van der Waals surface area (Å²) in [6, 6.07) is 0. The molecule has 0 aliphatic carbocycles. The first-order valence-electron chi connectivity index (χ1n) is 2.91. The second kappa shape index (κ2) is 2.25. The molecule has 0 radical (unpaired) electrons. The van der Waals surface area contributed by atoms with Crippen molar-refractivity contribution in [3.05, 3.63) is 0 Å². The Morgan fingerprint density at radius 3 is 1.56 bits per heavy atom. The quantitative estimate of drug-likeness (QED) is 0.407. The molecule has 9 heavy (non-hydrogen) atoms. The van der Waals surface area contributed by atoms with Crippen LogP contribution in [-0.4, -0.2) is 10.9 Å². The lowest BCUT2D eigenvalue weighted by Gasteiger charge is -2.34. The zero-order valence-electron chi connectivity index (χ0n) is 6.43. The third-order valence-corrected chi connectivity index (χ3v) is 1.62. The second-order valence-electron chi connectivity index (χ2n) is 3.35. The molecule has 1 atom stereocenters. The smallest absolute Gasteiger partial charge is 0.186 e. The van der Waals surface area contributed by atoms with Gasteiger partial charge in [-0.05, 0) is 6.92 Å². The summed E-state index contributed by atoms with van der Waals surface area (Å²) in [5.41, 5.74) is -0.345. The van der Waals surface area contributed by atoms with E-state index in [-0.39, 0.29) is 5.41 Å². The van der Waals surface area contributed by atoms with Crippen LogP contribution in [0, 0.1) is 5.41 Å². The van der Waals surface area contributed by atoms with E-state index in [4.69, 9.17) is 5.90 Å². The lowest BCUT2D eigenvalue weighted by atomic mass is 9.87. The van der Waals surface area contributed by atoms with Gasteiger partial charge in [0.05, 0.1) is 0 Å². The molecule has 0 aliphatic heterocycles. The SMILES string of the molecule is CC(C)(C)C(C)(O)ON. The van der Waals surface area contributed by atoms with E-state index >= 15 is 0 Å². The molecule has 56 valence electrons. The summed E-state index contributed by atoms with van der Waals surface area (Å²) >= 11 is 0. The zero-order valence-corrected chi connectivity index (χ0v) is 6.43. The molecule has 3 heteroatoms. The average molecular weight is 133 g/mol. The van der Waals surface area contributed by atoms with Crippen molar-refractivity contribution in [2.45, 2.75) is 33.5 Å². The maximum atomic E-state index is 9.31. The molecule has 0 amide bonds. The third kappa shape index (κ3) is 1.93. The van der Waals surface area contributed by atoms with E-state index in [0.29, 0.717) is 0 Å². The molecule has 0 saturated heterocycles. The Labute approximate surface area is 55.8 Å². The van der Waals surface area contributed by atoms with Gasteiger partial charge in [-0.15, -0.1) is 0 Å². The fourth-order valence-corrected chi connectivity index (χ4v) is 0.177. The van der Waals surface area contributed by atoms with Crippen molar-refractivity contribution >= 4 is 0 Å². The number of rotatable bonds is 1. The highest BCUT2D eigenvalue weighted by atomic mass is 16.7. The van der Waals surface area contributed by atoms with Gasteiger partial charge >= 0.3 is 0 Å². The van der Waals surface area contributed by atoms with E-state index in [2.05, 4.69) is 4.84 Å². The molecule has 0 fully saturated rings. The summed E-state index contributed by atoms with van der Waals surface area (Å²) in [6.45, 7) is 7.08. The Kier molecular flexibility index (Phi) is 2.22. The summed E-state index contributed by atoms with van der Waals surface area (Å²) in [6.07, 6.45) is 0. The molecule has 0 saturated carbocycles. The fraction of sp³-hybridized carbons (Fsp3) is 1.00. The molecular formula is C6H15NO2. The van der Waals surface area contributed by atoms with Gasteiger partial charge in [0, 0.05) is 5.41 Å². The Hall–Kier alpha value is -0.120. The van der Waals surface area contributed by atoms with Gasteiger partial charge in [0.1, 0.15) is 0 Å². The molecule has 3 nitrogen and oxygen atoms in total. The van der Waals surface area contributed by atoms with E-state index in [1.165, 1.54) is 6.92 Å². The first-order valence-corrected chi connectivity index (χ1v) is 2.91. The lowest BCUT2D eigenvalue weighted by molar-refractivity contribution is -0.251. The van der Waals surface area contributed by atoms with Crippen molar-refractivity contribution in [1.82, 2.24) is 0 Å². The van der Waals surface area contributed by atoms with Gasteiger partial charge in [-0.25, -0.2) is 5.90 Å². The Morgan fingerprint density at radius 2 is 1.56 bits per heavy atom. The van der Waals surface area contributed by atoms with Gasteiger partial charge < -0.3 is 5.11 Å². The van der Waals surface area contributed by atoms with Crippen LogP contribution in [-0.2, 0) is 4.84 Å². The van der Waals surface area contributed by atoms with Crippen LogP contribution in [0.1, 0.15) is 27.7 Å². The Bertz CT molecular complexity index is 93.7. The summed E-state index contributed by atoms with van der Waals surface area (Å²) in [7, 11) is 0. The molecule has 1 unspecified atom stereocenters. The van der Waals surface area contributed by atoms with E-state index < -0.39 is 5.79 Å². The lowest BCUT2D eigenvalue weighted by Crippen LogP contribution is -2.44. The molecular weight excluding hydrogens is 118 g/mol.